The monoisotopic (exact) mass is 2090 g/mol. The molecule has 56 heteroatoms. The molecule has 3 aliphatic rings. The maximum absolute atomic E-state index is 14.2. The van der Waals surface area contributed by atoms with Crippen LogP contribution in [0.25, 0.3) is 0 Å². The van der Waals surface area contributed by atoms with Crippen molar-refractivity contribution in [3.63, 3.8) is 0 Å². The molecule has 50 nitrogen and oxygen atoms in total. The van der Waals surface area contributed by atoms with E-state index in [1.165, 1.54) is 35.4 Å². The average Bonchev–Trinajstić information content (AvgIpc) is 1.32. The number of unbranched alkanes of at least 4 members (excludes halogenated alkanes) is 7. The molecule has 5 amide bonds. The van der Waals surface area contributed by atoms with Crippen molar-refractivity contribution in [2.45, 2.75) is 240 Å². The van der Waals surface area contributed by atoms with E-state index in [1.807, 2.05) is 0 Å². The lowest BCUT2D eigenvalue weighted by Gasteiger charge is -2.41. The Labute approximate surface area is 834 Å². The van der Waals surface area contributed by atoms with Gasteiger partial charge in [-0.1, -0.05) is 54.2 Å². The van der Waals surface area contributed by atoms with Crippen molar-refractivity contribution in [1.29, 1.82) is 0 Å². The molecule has 16 atom stereocenters. The SMILES string of the molecule is CO[C@@H]1O[C@H](CO)[C@H](O)[C@H](O)C1CC(=O)COCCc1cn(COCCOCCOCCNC(=O)CCC(CCC(=O)NCCOCCOCCOCn2cc(CCOCC(=O)B[C@H]3[C@H](OC)O[C@H](CO)[C@H](O)[C@@H]3O)nn2)(CCC(=O)NCCOCCOCCOCn2cc(CCOCC(=O)N[C@H]3[C@H](OC)O[C@H](CO)[C@H](O)[C@@H]3O)nn2)NC(=O)CCCCCCCCCCC(=O)Oc2c(F)c(F)c(F)c(F)c2F)nn1. The van der Waals surface area contributed by atoms with E-state index in [4.69, 9.17) is 85.3 Å². The number of hydrogen-bond donors (Lipinski definition) is 14. The number of aliphatic hydroxyl groups is 9. The van der Waals surface area contributed by atoms with Gasteiger partial charge in [-0.25, -0.2) is 27.2 Å². The molecule has 3 saturated heterocycles. The Morgan fingerprint density at radius 1 is 0.393 bits per heavy atom. The number of aromatic nitrogens is 9. The molecule has 3 aliphatic heterocycles. The van der Waals surface area contributed by atoms with Crippen LogP contribution in [0.2, 0.25) is 5.82 Å². The van der Waals surface area contributed by atoms with E-state index in [0.29, 0.717) is 81.3 Å². The number of carbonyl (C=O) groups excluding carboxylic acids is 8. The number of ketones is 1. The summed E-state index contributed by atoms with van der Waals surface area (Å²) in [6.07, 6.45) is -5.67. The van der Waals surface area contributed by atoms with Crippen LogP contribution >= 0.6 is 0 Å². The number of esters is 1. The molecular weight excluding hydrogens is 1950 g/mol. The van der Waals surface area contributed by atoms with Crippen molar-refractivity contribution in [3.05, 3.63) is 64.8 Å². The molecule has 822 valence electrons. The third kappa shape index (κ3) is 45.8. The molecule has 6 heterocycles. The van der Waals surface area contributed by atoms with Gasteiger partial charge in [-0.15, -0.1) is 15.3 Å². The Hall–Kier alpha value is -8.57. The van der Waals surface area contributed by atoms with Crippen molar-refractivity contribution < 1.29 is 196 Å². The van der Waals surface area contributed by atoms with Gasteiger partial charge in [0.05, 0.1) is 193 Å². The standard InChI is InChI=1S/C89H142BF5N14O36/c1-127-86-61(79(121)80(122)62(48-110)142-86)44-60(113)51-136-26-17-57-45-107(104-101-57)54-139-41-38-133-35-32-130-29-23-96-66(115)14-20-89(100-69(118)12-10-8-6-4-5-7-9-11-13-71(120)145-85-76(94)74(92)73(91)75(93)77(85)95,21-15-67(116)97-24-30-131-33-36-134-39-42-140-55-108-46-58(102-105-108)18-27-137-52-65(114)90-72-83(125)81(123)63(49-111)143-87(72)128-2)22-16-68(117)98-25-31-132-34-37-135-40-43-141-56-109-47-59(103-106-109)19-28-138-53-70(119)99-78-84(126)82(124)64(50-112)144-88(78)129-3/h45-47,61-64,72,78-84,86-88,90,110-112,121-126H,4-44,48-56H2,1-3H3,(H,96,115)(H,97,116)(H,98,117)(H,99,119)(H,100,118)/t61?,62-,63-,64-,72-,78-,79-,80+,81+,82+,83-,84-,86-,87-,88-,89?/m1/s1. The largest absolute Gasteiger partial charge is 0.420 e. The first-order valence-electron chi connectivity index (χ1n) is 48.3. The summed E-state index contributed by atoms with van der Waals surface area (Å²) in [5, 5.41) is 129. The van der Waals surface area contributed by atoms with Gasteiger partial charge in [0.1, 0.15) is 87.9 Å². The molecule has 0 saturated carbocycles. The summed E-state index contributed by atoms with van der Waals surface area (Å²) < 4.78 is 177. The van der Waals surface area contributed by atoms with Crippen molar-refractivity contribution in [2.24, 2.45) is 5.92 Å². The Morgan fingerprint density at radius 2 is 0.759 bits per heavy atom. The lowest BCUT2D eigenvalue weighted by Crippen LogP contribution is -2.64. The normalized spacial score (nSPS) is 21.5. The van der Waals surface area contributed by atoms with Crippen LogP contribution in [0.1, 0.15) is 126 Å². The van der Waals surface area contributed by atoms with Gasteiger partial charge < -0.3 is 167 Å². The van der Waals surface area contributed by atoms with Crippen molar-refractivity contribution in [3.8, 4) is 5.75 Å². The first-order valence-corrected chi connectivity index (χ1v) is 48.3. The quantitative estimate of drug-likeness (QED) is 0.00386. The van der Waals surface area contributed by atoms with E-state index in [0.717, 1.165) is 0 Å². The van der Waals surface area contributed by atoms with Gasteiger partial charge in [0.2, 0.25) is 71.7 Å². The summed E-state index contributed by atoms with van der Waals surface area (Å²) in [5.41, 5.74) is 0.0112. The number of benzene rings is 1. The first kappa shape index (κ1) is 123. The molecule has 145 heavy (non-hydrogen) atoms. The van der Waals surface area contributed by atoms with Gasteiger partial charge in [-0.2, -0.15) is 8.78 Å². The lowest BCUT2D eigenvalue weighted by atomic mass is 9.56. The van der Waals surface area contributed by atoms with Crippen LogP contribution in [-0.4, -0.2) is 430 Å². The van der Waals surface area contributed by atoms with Gasteiger partial charge in [-0.3, -0.25) is 33.6 Å². The molecule has 3 fully saturated rings. The Morgan fingerprint density at radius 3 is 1.19 bits per heavy atom. The highest BCUT2D eigenvalue weighted by atomic mass is 19.2. The summed E-state index contributed by atoms with van der Waals surface area (Å²) in [7, 11) is 3.73. The van der Waals surface area contributed by atoms with E-state index in [1.54, 1.807) is 18.6 Å². The van der Waals surface area contributed by atoms with Crippen molar-refractivity contribution in [2.75, 3.05) is 200 Å². The number of carbonyl (C=O) groups is 8. The number of ether oxygens (including phenoxy) is 19. The highest BCUT2D eigenvalue weighted by Crippen LogP contribution is 2.34. The van der Waals surface area contributed by atoms with Crippen LogP contribution in [0, 0.1) is 35.0 Å². The predicted octanol–water partition coefficient (Wildman–Crippen LogP) is -3.62. The summed E-state index contributed by atoms with van der Waals surface area (Å²) >= 11 is 0. The van der Waals surface area contributed by atoms with Gasteiger partial charge in [0, 0.05) is 116 Å². The number of rotatable bonds is 81. The van der Waals surface area contributed by atoms with Crippen molar-refractivity contribution in [1.82, 2.24) is 71.6 Å². The number of amides is 5. The number of hydrogen-bond acceptors (Lipinski definition) is 42. The van der Waals surface area contributed by atoms with Crippen molar-refractivity contribution >= 4 is 54.3 Å². The van der Waals surface area contributed by atoms with Gasteiger partial charge in [0.25, 0.3) is 0 Å². The molecule has 0 bridgehead atoms. The maximum atomic E-state index is 14.2. The fourth-order valence-electron chi connectivity index (χ4n) is 15.4. The van der Waals surface area contributed by atoms with Gasteiger partial charge in [0.15, 0.2) is 24.7 Å². The van der Waals surface area contributed by atoms with E-state index >= 15 is 0 Å². The molecule has 4 aromatic rings. The Balaban J connectivity index is 0.835. The molecule has 0 radical (unpaired) electrons. The Bertz CT molecular complexity index is 4020. The highest BCUT2D eigenvalue weighted by Gasteiger charge is 2.49. The number of Topliss-reactive ketones (excluding diaryl/α,β-unsaturated/α-hetero) is 1. The molecule has 2 unspecified atom stereocenters. The number of halogens is 5. The Kier molecular flexibility index (Phi) is 59.9. The summed E-state index contributed by atoms with van der Waals surface area (Å²) in [5.74, 6) is -18.7. The second-order valence-corrected chi connectivity index (χ2v) is 34.3. The highest BCUT2D eigenvalue weighted by molar-refractivity contribution is 6.75. The zero-order chi connectivity index (χ0) is 105. The third-order valence-corrected chi connectivity index (χ3v) is 23.3. The second kappa shape index (κ2) is 70.4. The zero-order valence-electron chi connectivity index (χ0n) is 81.9. The van der Waals surface area contributed by atoms with E-state index < -0.39 is 194 Å². The van der Waals surface area contributed by atoms with E-state index in [-0.39, 0.29) is 255 Å². The topological polar surface area (TPSA) is 646 Å². The van der Waals surface area contributed by atoms with Crippen LogP contribution in [0.5, 0.6) is 5.75 Å². The summed E-state index contributed by atoms with van der Waals surface area (Å²) in [6.45, 7) is 0.575. The number of nitrogens with one attached hydrogen (secondary N) is 5. The average molecular weight is 2090 g/mol. The second-order valence-electron chi connectivity index (χ2n) is 34.3. The third-order valence-electron chi connectivity index (χ3n) is 23.3. The fraction of sp³-hybridized carbons (Fsp3) is 0.775. The first-order chi connectivity index (χ1) is 70.0. The van der Waals surface area contributed by atoms with Crippen LogP contribution in [-0.2, 0) is 163 Å². The minimum atomic E-state index is -2.39. The van der Waals surface area contributed by atoms with Gasteiger partial charge >= 0.3 is 5.97 Å². The van der Waals surface area contributed by atoms with E-state index in [9.17, 15) is 106 Å². The lowest BCUT2D eigenvalue weighted by molar-refractivity contribution is -0.278. The molecular formula is C89H142BF5N14O36. The number of aliphatic hydroxyl groups excluding tert-OH is 9. The van der Waals surface area contributed by atoms with Crippen LogP contribution in [0.4, 0.5) is 22.0 Å². The minimum Gasteiger partial charge on any atom is -0.420 e. The summed E-state index contributed by atoms with van der Waals surface area (Å²) in [6, 6.07) is -1.13. The predicted molar refractivity (Wildman–Crippen MR) is 487 cm³/mol. The molecule has 0 spiro atoms. The fourth-order valence-corrected chi connectivity index (χ4v) is 15.4. The maximum Gasteiger partial charge on any atom is 0.311 e. The minimum absolute atomic E-state index is 0.0109. The van der Waals surface area contributed by atoms with Crippen LogP contribution in [0.3, 0.4) is 0 Å². The molecule has 3 aromatic heterocycles. The number of nitrogens with zero attached hydrogens (tertiary/aromatic N) is 9. The van der Waals surface area contributed by atoms with E-state index in [2.05, 4.69) is 62.3 Å². The number of methoxy groups -OCH3 is 3. The molecule has 7 rings (SSSR count). The molecule has 0 aliphatic carbocycles. The van der Waals surface area contributed by atoms with Crippen LogP contribution < -0.4 is 31.3 Å². The molecule has 1 aromatic carbocycles. The summed E-state index contributed by atoms with van der Waals surface area (Å²) in [4.78, 5) is 106. The molecule has 14 N–H and O–H groups in total. The van der Waals surface area contributed by atoms with Gasteiger partial charge in [-0.05, 0) is 32.1 Å². The van der Waals surface area contributed by atoms with Crippen LogP contribution in [0.15, 0.2) is 18.6 Å². The smallest absolute Gasteiger partial charge is 0.311 e. The zero-order valence-corrected chi connectivity index (χ0v) is 81.9.